The van der Waals surface area contributed by atoms with Gasteiger partial charge in [-0.25, -0.2) is 9.59 Å². The number of methoxy groups -OCH3 is 1. The maximum absolute atomic E-state index is 12.6. The average molecular weight is 399 g/mol. The fraction of sp³-hybridized carbons (Fsp3) is 0.368. The number of urea groups is 1. The summed E-state index contributed by atoms with van der Waals surface area (Å²) in [5.74, 6) is 0.896. The van der Waals surface area contributed by atoms with E-state index in [0.717, 1.165) is 6.42 Å². The van der Waals surface area contributed by atoms with Crippen LogP contribution < -0.4 is 31.4 Å². The van der Waals surface area contributed by atoms with Gasteiger partial charge in [0.2, 0.25) is 0 Å². The normalized spacial score (nSPS) is 14.9. The number of H-pyrrole nitrogens is 1. The molecule has 1 aliphatic rings. The summed E-state index contributed by atoms with van der Waals surface area (Å²) in [5.41, 5.74) is -0.360. The molecule has 1 aliphatic heterocycles. The lowest BCUT2D eigenvalue weighted by Crippen LogP contribution is -2.46. The topological polar surface area (TPSA) is 138 Å². The van der Waals surface area contributed by atoms with Crippen LogP contribution in [0.3, 0.4) is 0 Å². The summed E-state index contributed by atoms with van der Waals surface area (Å²) in [5, 5.41) is 14.0. The number of aromatic nitrogens is 2. The van der Waals surface area contributed by atoms with E-state index in [4.69, 9.17) is 14.7 Å². The van der Waals surface area contributed by atoms with Gasteiger partial charge in [0.1, 0.15) is 11.9 Å². The molecule has 0 spiro atoms. The zero-order chi connectivity index (χ0) is 21.0. The van der Waals surface area contributed by atoms with Crippen molar-refractivity contribution < 1.29 is 14.3 Å². The summed E-state index contributed by atoms with van der Waals surface area (Å²) in [6.07, 6.45) is 1.56. The molecule has 1 unspecified atom stereocenters. The highest BCUT2D eigenvalue weighted by molar-refractivity contribution is 5.92. The van der Waals surface area contributed by atoms with Gasteiger partial charge in [-0.05, 0) is 24.1 Å². The summed E-state index contributed by atoms with van der Waals surface area (Å²) in [6, 6.07) is 5.44. The molecule has 2 heterocycles. The molecule has 0 aliphatic carbocycles. The first-order valence-corrected chi connectivity index (χ1v) is 9.12. The number of hydrogen-bond donors (Lipinski definition) is 3. The monoisotopic (exact) mass is 399 g/mol. The Kier molecular flexibility index (Phi) is 5.87. The predicted molar refractivity (Wildman–Crippen MR) is 104 cm³/mol. The van der Waals surface area contributed by atoms with Gasteiger partial charge in [0.05, 0.1) is 18.7 Å². The zero-order valence-corrected chi connectivity index (χ0v) is 16.1. The second-order valence-electron chi connectivity index (χ2n) is 6.42. The van der Waals surface area contributed by atoms with Crippen LogP contribution in [0.4, 0.5) is 10.6 Å². The Bertz CT molecular complexity index is 1080. The van der Waals surface area contributed by atoms with Crippen LogP contribution in [0.5, 0.6) is 11.5 Å². The molecule has 152 valence electrons. The van der Waals surface area contributed by atoms with Gasteiger partial charge >= 0.3 is 11.7 Å². The van der Waals surface area contributed by atoms with Crippen molar-refractivity contribution in [3.8, 4) is 17.6 Å². The summed E-state index contributed by atoms with van der Waals surface area (Å²) in [7, 11) is 1.45. The van der Waals surface area contributed by atoms with E-state index in [1.54, 1.807) is 18.2 Å². The van der Waals surface area contributed by atoms with Gasteiger partial charge < -0.3 is 14.8 Å². The Labute approximate surface area is 166 Å². The van der Waals surface area contributed by atoms with Gasteiger partial charge in [-0.2, -0.15) is 5.26 Å². The molecule has 1 aromatic carbocycles. The molecule has 0 bridgehead atoms. The summed E-state index contributed by atoms with van der Waals surface area (Å²) in [4.78, 5) is 39.5. The van der Waals surface area contributed by atoms with Gasteiger partial charge in [-0.3, -0.25) is 19.7 Å². The van der Waals surface area contributed by atoms with Gasteiger partial charge in [-0.15, -0.1) is 0 Å². The zero-order valence-electron chi connectivity index (χ0n) is 16.1. The number of benzene rings is 1. The largest absolute Gasteiger partial charge is 0.493 e. The van der Waals surface area contributed by atoms with E-state index >= 15 is 0 Å². The molecular weight excluding hydrogens is 378 g/mol. The minimum Gasteiger partial charge on any atom is -0.493 e. The Balaban J connectivity index is 2.12. The number of nitriles is 1. The predicted octanol–water partition coefficient (Wildman–Crippen LogP) is 1.47. The van der Waals surface area contributed by atoms with Crippen molar-refractivity contribution in [2.24, 2.45) is 0 Å². The fourth-order valence-corrected chi connectivity index (χ4v) is 3.21. The number of ether oxygens (including phenoxy) is 2. The number of fused-ring (bicyclic) bond motifs is 1. The third kappa shape index (κ3) is 3.94. The number of carbonyl (C=O) groups excluding carboxylic acids is 1. The molecule has 29 heavy (non-hydrogen) atoms. The number of nitrogens with zero attached hydrogens (tertiary/aromatic N) is 2. The van der Waals surface area contributed by atoms with Gasteiger partial charge in [0.15, 0.2) is 18.1 Å². The minimum atomic E-state index is -0.796. The maximum Gasteiger partial charge on any atom is 0.329 e. The lowest BCUT2D eigenvalue weighted by atomic mass is 9.98. The molecule has 0 fully saturated rings. The molecule has 0 radical (unpaired) electrons. The second kappa shape index (κ2) is 8.52. The van der Waals surface area contributed by atoms with Crippen LogP contribution in [0.1, 0.15) is 36.9 Å². The summed E-state index contributed by atoms with van der Waals surface area (Å²) in [6.45, 7) is 2.20. The summed E-state index contributed by atoms with van der Waals surface area (Å²) >= 11 is 0. The smallest absolute Gasteiger partial charge is 0.329 e. The number of anilines is 1. The number of amides is 2. The van der Waals surface area contributed by atoms with Crippen LogP contribution in [0.25, 0.3) is 0 Å². The second-order valence-corrected chi connectivity index (χ2v) is 6.42. The SMILES string of the molecule is CCCCn1c2c(c(=O)[nH]c1=O)C(c1ccc(OCC#N)c(OC)c1)NC(=O)N2. The molecule has 1 aromatic heterocycles. The van der Waals surface area contributed by atoms with Crippen molar-refractivity contribution in [2.45, 2.75) is 32.4 Å². The number of carbonyl (C=O) groups is 1. The molecule has 2 amide bonds. The number of nitrogens with one attached hydrogen (secondary N) is 3. The highest BCUT2D eigenvalue weighted by atomic mass is 16.5. The lowest BCUT2D eigenvalue weighted by molar-refractivity contribution is 0.248. The van der Waals surface area contributed by atoms with Crippen molar-refractivity contribution in [1.82, 2.24) is 14.9 Å². The number of aromatic amines is 1. The first-order chi connectivity index (χ1) is 14.0. The van der Waals surface area contributed by atoms with E-state index in [0.29, 0.717) is 30.0 Å². The van der Waals surface area contributed by atoms with Crippen molar-refractivity contribution >= 4 is 11.8 Å². The first-order valence-electron chi connectivity index (χ1n) is 9.12. The molecule has 0 saturated carbocycles. The van der Waals surface area contributed by atoms with E-state index in [-0.39, 0.29) is 18.0 Å². The van der Waals surface area contributed by atoms with E-state index < -0.39 is 23.3 Å². The van der Waals surface area contributed by atoms with E-state index in [9.17, 15) is 14.4 Å². The van der Waals surface area contributed by atoms with Crippen LogP contribution in [0.2, 0.25) is 0 Å². The molecule has 10 heteroatoms. The number of hydrogen-bond acceptors (Lipinski definition) is 6. The molecule has 1 atom stereocenters. The minimum absolute atomic E-state index is 0.147. The Morgan fingerprint density at radius 1 is 1.24 bits per heavy atom. The molecule has 0 saturated heterocycles. The first kappa shape index (κ1) is 20.0. The van der Waals surface area contributed by atoms with Crippen molar-refractivity contribution in [3.05, 3.63) is 50.2 Å². The highest BCUT2D eigenvalue weighted by Crippen LogP contribution is 2.34. The number of unbranched alkanes of at least 4 members (excludes halogenated alkanes) is 1. The average Bonchev–Trinajstić information content (AvgIpc) is 2.71. The molecular formula is C19H21N5O5. The van der Waals surface area contributed by atoms with Gasteiger partial charge in [0.25, 0.3) is 5.56 Å². The standard InChI is InChI=1S/C19H21N5O5/c1-3-4-8-24-16-14(17(25)23-19(24)27)15(21-18(26)22-16)11-5-6-12(29-9-7-20)13(10-11)28-2/h5-6,10,15H,3-4,8-9H2,1-2H3,(H2,21,22,26)(H,23,25,27). The van der Waals surface area contributed by atoms with Crippen LogP contribution in [-0.2, 0) is 6.54 Å². The fourth-order valence-electron chi connectivity index (χ4n) is 3.21. The third-order valence-corrected chi connectivity index (χ3v) is 4.58. The van der Waals surface area contributed by atoms with E-state index in [1.807, 2.05) is 13.0 Å². The van der Waals surface area contributed by atoms with Crippen molar-refractivity contribution in [3.63, 3.8) is 0 Å². The van der Waals surface area contributed by atoms with E-state index in [1.165, 1.54) is 11.7 Å². The quantitative estimate of drug-likeness (QED) is 0.644. The van der Waals surface area contributed by atoms with Gasteiger partial charge in [0, 0.05) is 6.54 Å². The van der Waals surface area contributed by atoms with Crippen LogP contribution in [0, 0.1) is 11.3 Å². The van der Waals surface area contributed by atoms with Crippen molar-refractivity contribution in [2.75, 3.05) is 19.0 Å². The van der Waals surface area contributed by atoms with Crippen LogP contribution in [0.15, 0.2) is 27.8 Å². The van der Waals surface area contributed by atoms with Gasteiger partial charge in [-0.1, -0.05) is 19.4 Å². The molecule has 10 nitrogen and oxygen atoms in total. The molecule has 2 aromatic rings. The maximum atomic E-state index is 12.6. The Morgan fingerprint density at radius 3 is 2.72 bits per heavy atom. The highest BCUT2D eigenvalue weighted by Gasteiger charge is 2.32. The number of rotatable bonds is 7. The van der Waals surface area contributed by atoms with Crippen LogP contribution in [-0.4, -0.2) is 29.3 Å². The lowest BCUT2D eigenvalue weighted by Gasteiger charge is -2.29. The molecule has 3 N–H and O–H groups in total. The Hall–Kier alpha value is -3.74. The third-order valence-electron chi connectivity index (χ3n) is 4.58. The Morgan fingerprint density at radius 2 is 2.03 bits per heavy atom. The van der Waals surface area contributed by atoms with E-state index in [2.05, 4.69) is 15.6 Å². The van der Waals surface area contributed by atoms with Crippen LogP contribution >= 0.6 is 0 Å². The van der Waals surface area contributed by atoms with Crippen molar-refractivity contribution in [1.29, 1.82) is 5.26 Å². The molecule has 3 rings (SSSR count). The summed E-state index contributed by atoms with van der Waals surface area (Å²) < 4.78 is 12.0.